The Bertz CT molecular complexity index is 357. The van der Waals surface area contributed by atoms with Crippen LogP contribution in [-0.4, -0.2) is 23.5 Å². The summed E-state index contributed by atoms with van der Waals surface area (Å²) < 4.78 is 0.784. The van der Waals surface area contributed by atoms with E-state index in [4.69, 9.17) is 0 Å². The van der Waals surface area contributed by atoms with Crippen LogP contribution in [0.15, 0.2) is 22.8 Å². The summed E-state index contributed by atoms with van der Waals surface area (Å²) >= 11 is 3.32. The van der Waals surface area contributed by atoms with Crippen LogP contribution in [0.4, 0.5) is 5.82 Å². The molecule has 1 aromatic rings. The third-order valence-corrected chi connectivity index (χ3v) is 2.88. The van der Waals surface area contributed by atoms with Crippen LogP contribution in [-0.2, 0) is 4.79 Å². The fraction of sp³-hybridized carbons (Fsp3) is 0.455. The highest BCUT2D eigenvalue weighted by atomic mass is 79.9. The minimum absolute atomic E-state index is 0.0836. The van der Waals surface area contributed by atoms with Gasteiger partial charge >= 0.3 is 0 Å². The summed E-state index contributed by atoms with van der Waals surface area (Å²) in [6, 6.07) is 3.99. The lowest BCUT2D eigenvalue weighted by atomic mass is 10.2. The van der Waals surface area contributed by atoms with Crippen LogP contribution in [0.3, 0.4) is 0 Å². The monoisotopic (exact) mass is 285 g/mol. The van der Waals surface area contributed by atoms with E-state index in [0.29, 0.717) is 18.4 Å². The Balaban J connectivity index is 2.43. The number of halogens is 1. The van der Waals surface area contributed by atoms with Gasteiger partial charge in [-0.25, -0.2) is 4.98 Å². The highest BCUT2D eigenvalue weighted by Gasteiger charge is 2.07. The summed E-state index contributed by atoms with van der Waals surface area (Å²) in [5.41, 5.74) is 0. The molecule has 0 aliphatic heterocycles. The fourth-order valence-corrected chi connectivity index (χ4v) is 1.42. The first-order valence-corrected chi connectivity index (χ1v) is 6.06. The summed E-state index contributed by atoms with van der Waals surface area (Å²) in [7, 11) is 0. The molecule has 0 spiro atoms. The molecule has 1 atom stereocenters. The van der Waals surface area contributed by atoms with E-state index in [1.807, 2.05) is 13.0 Å². The Morgan fingerprint density at radius 3 is 3.00 bits per heavy atom. The maximum Gasteiger partial charge on any atom is 0.239 e. The lowest BCUT2D eigenvalue weighted by Gasteiger charge is -2.11. The predicted octanol–water partition coefficient (Wildman–Crippen LogP) is 2.17. The first-order valence-electron chi connectivity index (χ1n) is 5.27. The van der Waals surface area contributed by atoms with Gasteiger partial charge in [0.05, 0.1) is 11.0 Å². The minimum atomic E-state index is -0.0836. The number of amides is 1. The van der Waals surface area contributed by atoms with E-state index in [1.54, 1.807) is 12.3 Å². The molecule has 1 heterocycles. The second-order valence-electron chi connectivity index (χ2n) is 3.57. The van der Waals surface area contributed by atoms with Crippen molar-refractivity contribution in [1.82, 2.24) is 10.3 Å². The number of nitrogens with zero attached hydrogens (tertiary/aromatic N) is 1. The third kappa shape index (κ3) is 4.28. The van der Waals surface area contributed by atoms with Crippen LogP contribution in [0.2, 0.25) is 0 Å². The molecule has 1 unspecified atom stereocenters. The number of hydrogen-bond acceptors (Lipinski definition) is 3. The van der Waals surface area contributed by atoms with Crippen molar-refractivity contribution in [3.05, 3.63) is 22.8 Å². The summed E-state index contributed by atoms with van der Waals surface area (Å²) in [6.45, 7) is 4.42. The van der Waals surface area contributed by atoms with Crippen LogP contribution in [0.1, 0.15) is 20.3 Å². The predicted molar refractivity (Wildman–Crippen MR) is 68.3 cm³/mol. The molecule has 5 heteroatoms. The first-order chi connectivity index (χ1) is 7.63. The van der Waals surface area contributed by atoms with Gasteiger partial charge in [0.25, 0.3) is 0 Å². The van der Waals surface area contributed by atoms with Gasteiger partial charge in [-0.2, -0.15) is 0 Å². The molecule has 0 saturated heterocycles. The van der Waals surface area contributed by atoms with Gasteiger partial charge < -0.3 is 10.6 Å². The largest absolute Gasteiger partial charge is 0.309 e. The third-order valence-electron chi connectivity index (χ3n) is 2.24. The van der Waals surface area contributed by atoms with Crippen LogP contribution >= 0.6 is 15.9 Å². The zero-order valence-corrected chi connectivity index (χ0v) is 11.0. The Hall–Kier alpha value is -0.940. The molecule has 0 bridgehead atoms. The molecule has 0 saturated carbocycles. The molecule has 2 N–H and O–H groups in total. The topological polar surface area (TPSA) is 54.0 Å². The Morgan fingerprint density at radius 2 is 2.38 bits per heavy atom. The molecule has 4 nitrogen and oxygen atoms in total. The molecule has 16 heavy (non-hydrogen) atoms. The molecule has 0 fully saturated rings. The minimum Gasteiger partial charge on any atom is -0.309 e. The van der Waals surface area contributed by atoms with Crippen molar-refractivity contribution in [1.29, 1.82) is 0 Å². The van der Waals surface area contributed by atoms with Crippen LogP contribution in [0, 0.1) is 0 Å². The number of pyridine rings is 1. The summed E-state index contributed by atoms with van der Waals surface area (Å²) in [4.78, 5) is 15.6. The highest BCUT2D eigenvalue weighted by molar-refractivity contribution is 9.10. The van der Waals surface area contributed by atoms with Crippen molar-refractivity contribution in [2.24, 2.45) is 0 Å². The standard InChI is InChI=1S/C11H16BrN3O/c1-3-8(2)14-7-10(16)15-11-9(12)5-4-6-13-11/h4-6,8,14H,3,7H2,1-2H3,(H,13,15,16). The number of nitrogens with one attached hydrogen (secondary N) is 2. The van der Waals surface area contributed by atoms with Crippen molar-refractivity contribution >= 4 is 27.7 Å². The van der Waals surface area contributed by atoms with Crippen molar-refractivity contribution in [2.45, 2.75) is 26.3 Å². The molecule has 1 aromatic heterocycles. The van der Waals surface area contributed by atoms with Crippen molar-refractivity contribution < 1.29 is 4.79 Å². The quantitative estimate of drug-likeness (QED) is 0.872. The van der Waals surface area contributed by atoms with Crippen molar-refractivity contribution in [3.63, 3.8) is 0 Å². The highest BCUT2D eigenvalue weighted by Crippen LogP contribution is 2.17. The van der Waals surface area contributed by atoms with Crippen LogP contribution in [0.25, 0.3) is 0 Å². The van der Waals surface area contributed by atoms with E-state index in [9.17, 15) is 4.79 Å². The summed E-state index contributed by atoms with van der Waals surface area (Å²) in [6.07, 6.45) is 2.64. The fourth-order valence-electron chi connectivity index (χ4n) is 1.07. The molecule has 1 rings (SSSR count). The molecule has 1 amide bonds. The average Bonchev–Trinajstić information content (AvgIpc) is 2.29. The summed E-state index contributed by atoms with van der Waals surface area (Å²) in [5, 5.41) is 5.85. The summed E-state index contributed by atoms with van der Waals surface area (Å²) in [5.74, 6) is 0.471. The van der Waals surface area contributed by atoms with Crippen molar-refractivity contribution in [2.75, 3.05) is 11.9 Å². The van der Waals surface area contributed by atoms with E-state index < -0.39 is 0 Å². The number of anilines is 1. The smallest absolute Gasteiger partial charge is 0.239 e. The van der Waals surface area contributed by atoms with Crippen molar-refractivity contribution in [3.8, 4) is 0 Å². The van der Waals surface area contributed by atoms with Gasteiger partial charge in [0, 0.05) is 12.2 Å². The molecule has 0 aromatic carbocycles. The molecule has 0 radical (unpaired) electrons. The van der Waals surface area contributed by atoms with E-state index in [2.05, 4.69) is 38.5 Å². The second-order valence-corrected chi connectivity index (χ2v) is 4.43. The van der Waals surface area contributed by atoms with Gasteiger partial charge in [0.15, 0.2) is 0 Å². The molecule has 0 aliphatic carbocycles. The number of aromatic nitrogens is 1. The first kappa shape index (κ1) is 13.1. The van der Waals surface area contributed by atoms with Gasteiger partial charge in [0.1, 0.15) is 5.82 Å². The van der Waals surface area contributed by atoms with Gasteiger partial charge in [-0.15, -0.1) is 0 Å². The number of carbonyl (C=O) groups is 1. The number of carbonyl (C=O) groups excluding carboxylic acids is 1. The van der Waals surface area contributed by atoms with E-state index >= 15 is 0 Å². The zero-order valence-electron chi connectivity index (χ0n) is 9.46. The molecule has 0 aliphatic rings. The van der Waals surface area contributed by atoms with Gasteiger partial charge in [0.2, 0.25) is 5.91 Å². The lowest BCUT2D eigenvalue weighted by molar-refractivity contribution is -0.115. The van der Waals surface area contributed by atoms with Gasteiger partial charge in [-0.05, 0) is 41.4 Å². The van der Waals surface area contributed by atoms with Gasteiger partial charge in [-0.3, -0.25) is 4.79 Å². The lowest BCUT2D eigenvalue weighted by Crippen LogP contribution is -2.34. The second kappa shape index (κ2) is 6.60. The van der Waals surface area contributed by atoms with E-state index in [0.717, 1.165) is 10.9 Å². The van der Waals surface area contributed by atoms with E-state index in [1.165, 1.54) is 0 Å². The molecular weight excluding hydrogens is 270 g/mol. The van der Waals surface area contributed by atoms with E-state index in [-0.39, 0.29) is 5.91 Å². The average molecular weight is 286 g/mol. The Morgan fingerprint density at radius 1 is 1.62 bits per heavy atom. The number of rotatable bonds is 5. The Labute approximate surface area is 104 Å². The SMILES string of the molecule is CCC(C)NCC(=O)Nc1ncccc1Br. The number of hydrogen-bond donors (Lipinski definition) is 2. The maximum absolute atomic E-state index is 11.6. The zero-order chi connectivity index (χ0) is 12.0. The molecule has 88 valence electrons. The normalized spacial score (nSPS) is 12.2. The Kier molecular flexibility index (Phi) is 5.42. The maximum atomic E-state index is 11.6. The van der Waals surface area contributed by atoms with Crippen LogP contribution < -0.4 is 10.6 Å². The molecular formula is C11H16BrN3O. The van der Waals surface area contributed by atoms with Crippen LogP contribution in [0.5, 0.6) is 0 Å². The van der Waals surface area contributed by atoms with Gasteiger partial charge in [-0.1, -0.05) is 6.92 Å².